The molecule has 6 nitrogen and oxygen atoms in total. The fraction of sp³-hybridized carbons (Fsp3) is 0.250. The topological polar surface area (TPSA) is 63.9 Å². The van der Waals surface area contributed by atoms with Crippen molar-refractivity contribution in [1.82, 2.24) is 24.6 Å². The first-order valence-corrected chi connectivity index (χ1v) is 11.4. The van der Waals surface area contributed by atoms with Gasteiger partial charge >= 0.3 is 0 Å². The molecule has 31 heavy (non-hydrogen) atoms. The van der Waals surface area contributed by atoms with Crippen molar-refractivity contribution in [2.45, 2.75) is 29.5 Å². The summed E-state index contributed by atoms with van der Waals surface area (Å²) < 4.78 is 1.81. The van der Waals surface area contributed by atoms with Gasteiger partial charge in [-0.2, -0.15) is 5.10 Å². The molecule has 0 spiro atoms. The number of likely N-dealkylation sites (tertiary alicyclic amines) is 1. The SMILES string of the molecule is O=C(C(Sc1ncnc2c1cnn2-c1ccccc1)c1ccccc1)N1CCCCC1. The van der Waals surface area contributed by atoms with Crippen LogP contribution in [-0.2, 0) is 4.79 Å². The maximum absolute atomic E-state index is 13.5. The molecular formula is C24H23N5OS. The van der Waals surface area contributed by atoms with Crippen molar-refractivity contribution in [2.75, 3.05) is 13.1 Å². The molecule has 1 aliphatic rings. The predicted octanol–water partition coefficient (Wildman–Crippen LogP) is 4.66. The molecule has 1 fully saturated rings. The highest BCUT2D eigenvalue weighted by Crippen LogP contribution is 2.39. The lowest BCUT2D eigenvalue weighted by atomic mass is 10.1. The molecule has 7 heteroatoms. The number of hydrogen-bond acceptors (Lipinski definition) is 5. The summed E-state index contributed by atoms with van der Waals surface area (Å²) in [5.74, 6) is 0.151. The third-order valence-corrected chi connectivity index (χ3v) is 6.81. The molecular weight excluding hydrogens is 406 g/mol. The van der Waals surface area contributed by atoms with Crippen molar-refractivity contribution in [3.05, 3.63) is 78.8 Å². The van der Waals surface area contributed by atoms with E-state index in [1.165, 1.54) is 18.2 Å². The Balaban J connectivity index is 1.52. The summed E-state index contributed by atoms with van der Waals surface area (Å²) in [6.07, 6.45) is 6.68. The van der Waals surface area contributed by atoms with Crippen molar-refractivity contribution >= 4 is 28.7 Å². The molecule has 3 heterocycles. The van der Waals surface area contributed by atoms with E-state index < -0.39 is 0 Å². The molecule has 1 atom stereocenters. The van der Waals surface area contributed by atoms with E-state index in [2.05, 4.69) is 15.1 Å². The standard InChI is InChI=1S/C24H23N5OS/c30-24(28-14-8-3-9-15-28)21(18-10-4-1-5-11-18)31-23-20-16-27-29(22(20)25-17-26-23)19-12-6-2-7-13-19/h1-2,4-7,10-13,16-17,21H,3,8-9,14-15H2. The zero-order valence-electron chi connectivity index (χ0n) is 17.1. The summed E-state index contributed by atoms with van der Waals surface area (Å²) in [7, 11) is 0. The van der Waals surface area contributed by atoms with Crippen LogP contribution in [0.15, 0.2) is 78.2 Å². The molecule has 5 rings (SSSR count). The highest BCUT2D eigenvalue weighted by atomic mass is 32.2. The third-order valence-electron chi connectivity index (χ3n) is 5.55. The molecule has 0 N–H and O–H groups in total. The van der Waals surface area contributed by atoms with E-state index in [-0.39, 0.29) is 11.2 Å². The molecule has 0 aliphatic carbocycles. The molecule has 0 saturated carbocycles. The van der Waals surface area contributed by atoms with Gasteiger partial charge in [0.25, 0.3) is 0 Å². The Labute approximate surface area is 185 Å². The van der Waals surface area contributed by atoms with Gasteiger partial charge in [0.2, 0.25) is 5.91 Å². The lowest BCUT2D eigenvalue weighted by Crippen LogP contribution is -2.38. The number of aromatic nitrogens is 4. The average molecular weight is 430 g/mol. The second kappa shape index (κ2) is 8.89. The summed E-state index contributed by atoms with van der Waals surface area (Å²) in [4.78, 5) is 24.5. The van der Waals surface area contributed by atoms with Crippen molar-refractivity contribution in [3.63, 3.8) is 0 Å². The van der Waals surface area contributed by atoms with Gasteiger partial charge in [-0.05, 0) is 37.0 Å². The van der Waals surface area contributed by atoms with Crippen LogP contribution in [0.2, 0.25) is 0 Å². The number of thioether (sulfide) groups is 1. The van der Waals surface area contributed by atoms with Crippen molar-refractivity contribution in [2.24, 2.45) is 0 Å². The molecule has 1 amide bonds. The number of nitrogens with zero attached hydrogens (tertiary/aromatic N) is 5. The first-order chi connectivity index (χ1) is 15.3. The Morgan fingerprint density at radius 3 is 2.35 bits per heavy atom. The van der Waals surface area contributed by atoms with Gasteiger partial charge in [0.15, 0.2) is 5.65 Å². The normalized spacial score (nSPS) is 15.2. The van der Waals surface area contributed by atoms with E-state index in [0.717, 1.165) is 53.2 Å². The van der Waals surface area contributed by atoms with Gasteiger partial charge in [0.05, 0.1) is 17.3 Å². The second-order valence-electron chi connectivity index (χ2n) is 7.60. The number of carbonyl (C=O) groups excluding carboxylic acids is 1. The number of fused-ring (bicyclic) bond motifs is 1. The molecule has 1 aliphatic heterocycles. The van der Waals surface area contributed by atoms with Crippen molar-refractivity contribution < 1.29 is 4.79 Å². The molecule has 1 saturated heterocycles. The zero-order valence-corrected chi connectivity index (χ0v) is 17.9. The fourth-order valence-corrected chi connectivity index (χ4v) is 5.10. The Morgan fingerprint density at radius 1 is 0.903 bits per heavy atom. The number of benzene rings is 2. The van der Waals surface area contributed by atoms with Gasteiger partial charge in [-0.1, -0.05) is 60.3 Å². The van der Waals surface area contributed by atoms with Crippen LogP contribution in [0.25, 0.3) is 16.7 Å². The summed E-state index contributed by atoms with van der Waals surface area (Å²) in [6, 6.07) is 19.9. The molecule has 2 aromatic carbocycles. The fourth-order valence-electron chi connectivity index (χ4n) is 3.96. The predicted molar refractivity (Wildman–Crippen MR) is 122 cm³/mol. The third kappa shape index (κ3) is 4.05. The van der Waals surface area contributed by atoms with Gasteiger partial charge in [0.1, 0.15) is 16.6 Å². The van der Waals surface area contributed by atoms with Gasteiger partial charge in [-0.3, -0.25) is 4.79 Å². The number of rotatable bonds is 5. The van der Waals surface area contributed by atoms with E-state index >= 15 is 0 Å². The zero-order chi connectivity index (χ0) is 21.0. The van der Waals surface area contributed by atoms with E-state index in [1.807, 2.05) is 70.2 Å². The minimum absolute atomic E-state index is 0.151. The Hall–Kier alpha value is -3.19. The van der Waals surface area contributed by atoms with Crippen LogP contribution in [0.3, 0.4) is 0 Å². The minimum atomic E-state index is -0.350. The molecule has 0 bridgehead atoms. The largest absolute Gasteiger partial charge is 0.341 e. The van der Waals surface area contributed by atoms with E-state index in [9.17, 15) is 4.79 Å². The monoisotopic (exact) mass is 429 g/mol. The Morgan fingerprint density at radius 2 is 1.61 bits per heavy atom. The molecule has 156 valence electrons. The van der Waals surface area contributed by atoms with Crippen LogP contribution in [0.1, 0.15) is 30.1 Å². The number of hydrogen-bond donors (Lipinski definition) is 0. The first-order valence-electron chi connectivity index (χ1n) is 10.6. The van der Waals surface area contributed by atoms with Crippen molar-refractivity contribution in [1.29, 1.82) is 0 Å². The molecule has 0 radical (unpaired) electrons. The van der Waals surface area contributed by atoms with Gasteiger partial charge in [0, 0.05) is 13.1 Å². The highest BCUT2D eigenvalue weighted by molar-refractivity contribution is 8.00. The molecule has 4 aromatic rings. The Kier molecular flexibility index (Phi) is 5.67. The lowest BCUT2D eigenvalue weighted by molar-refractivity contribution is -0.131. The number of piperidine rings is 1. The second-order valence-corrected chi connectivity index (χ2v) is 8.70. The number of para-hydroxylation sites is 1. The summed E-state index contributed by atoms with van der Waals surface area (Å²) in [5.41, 5.74) is 2.67. The minimum Gasteiger partial charge on any atom is -0.341 e. The summed E-state index contributed by atoms with van der Waals surface area (Å²) in [5, 5.41) is 5.82. The Bertz CT molecular complexity index is 1170. The lowest BCUT2D eigenvalue weighted by Gasteiger charge is -2.30. The van der Waals surface area contributed by atoms with Crippen LogP contribution < -0.4 is 0 Å². The van der Waals surface area contributed by atoms with Crippen LogP contribution in [0.5, 0.6) is 0 Å². The number of amides is 1. The summed E-state index contributed by atoms with van der Waals surface area (Å²) in [6.45, 7) is 1.65. The molecule has 2 aromatic heterocycles. The highest BCUT2D eigenvalue weighted by Gasteiger charge is 2.29. The molecule has 1 unspecified atom stereocenters. The van der Waals surface area contributed by atoms with Crippen LogP contribution in [0, 0.1) is 0 Å². The van der Waals surface area contributed by atoms with E-state index in [1.54, 1.807) is 12.5 Å². The van der Waals surface area contributed by atoms with E-state index in [4.69, 9.17) is 0 Å². The average Bonchev–Trinajstić information content (AvgIpc) is 3.29. The van der Waals surface area contributed by atoms with Crippen LogP contribution in [-0.4, -0.2) is 43.6 Å². The number of carbonyl (C=O) groups is 1. The van der Waals surface area contributed by atoms with Crippen LogP contribution in [0.4, 0.5) is 0 Å². The first kappa shape index (κ1) is 19.8. The van der Waals surface area contributed by atoms with Gasteiger partial charge in [-0.15, -0.1) is 0 Å². The maximum Gasteiger partial charge on any atom is 0.240 e. The van der Waals surface area contributed by atoms with Crippen molar-refractivity contribution in [3.8, 4) is 5.69 Å². The van der Waals surface area contributed by atoms with Gasteiger partial charge in [-0.25, -0.2) is 14.6 Å². The van der Waals surface area contributed by atoms with E-state index in [0.29, 0.717) is 0 Å². The quantitative estimate of drug-likeness (QED) is 0.341. The smallest absolute Gasteiger partial charge is 0.240 e. The summed E-state index contributed by atoms with van der Waals surface area (Å²) >= 11 is 1.49. The van der Waals surface area contributed by atoms with Gasteiger partial charge < -0.3 is 4.90 Å². The van der Waals surface area contributed by atoms with Crippen LogP contribution >= 0.6 is 11.8 Å². The maximum atomic E-state index is 13.5.